The monoisotopic (exact) mass is 356 g/mol. The lowest BCUT2D eigenvalue weighted by Gasteiger charge is -2.37. The average molecular weight is 356 g/mol. The molecule has 0 bridgehead atoms. The van der Waals surface area contributed by atoms with Crippen molar-refractivity contribution in [2.75, 3.05) is 31.1 Å². The fourth-order valence-electron chi connectivity index (χ4n) is 4.61. The maximum atomic E-state index is 13.4. The van der Waals surface area contributed by atoms with Gasteiger partial charge in [-0.05, 0) is 51.2 Å². The highest BCUT2D eigenvalue weighted by atomic mass is 19.1. The number of carbonyl (C=O) groups excluding carboxylic acids is 1. The van der Waals surface area contributed by atoms with Gasteiger partial charge in [-0.15, -0.1) is 0 Å². The zero-order valence-electron chi connectivity index (χ0n) is 15.5. The first-order valence-corrected chi connectivity index (χ1v) is 9.50. The minimum atomic E-state index is -0.675. The van der Waals surface area contributed by atoms with E-state index in [9.17, 15) is 14.4 Å². The molecule has 4 rings (SSSR count). The summed E-state index contributed by atoms with van der Waals surface area (Å²) in [5, 5.41) is 9.51. The van der Waals surface area contributed by atoms with Crippen LogP contribution in [0, 0.1) is 36.5 Å². The largest absolute Gasteiger partial charge is 0.354 e. The van der Waals surface area contributed by atoms with E-state index in [-0.39, 0.29) is 17.2 Å². The van der Waals surface area contributed by atoms with Gasteiger partial charge >= 0.3 is 0 Å². The van der Waals surface area contributed by atoms with Crippen molar-refractivity contribution in [2.24, 2.45) is 11.3 Å². The Hall–Kier alpha value is -2.16. The Morgan fingerprint density at radius 2 is 2.00 bits per heavy atom. The summed E-state index contributed by atoms with van der Waals surface area (Å²) in [6.45, 7) is 6.71. The van der Waals surface area contributed by atoms with Crippen LogP contribution in [0.3, 0.4) is 0 Å². The first-order valence-electron chi connectivity index (χ1n) is 9.50. The zero-order chi connectivity index (χ0) is 18.5. The highest BCUT2D eigenvalue weighted by Crippen LogP contribution is 2.65. The number of hydrogen-bond donors (Lipinski definition) is 0. The number of nitrogens with zero attached hydrogens (tertiary/aromatic N) is 4. The molecule has 1 aromatic heterocycles. The van der Waals surface area contributed by atoms with E-state index >= 15 is 0 Å². The van der Waals surface area contributed by atoms with E-state index in [1.807, 2.05) is 24.8 Å². The van der Waals surface area contributed by atoms with Crippen molar-refractivity contribution in [3.05, 3.63) is 22.9 Å². The SMILES string of the molecule is Cc1cc(C)c(C#N)c(N2CCCN(C(=O)C3CC4(C3)CC4F)CC2)n1. The highest BCUT2D eigenvalue weighted by Gasteiger charge is 2.64. The number of anilines is 1. The van der Waals surface area contributed by atoms with Gasteiger partial charge < -0.3 is 9.80 Å². The number of rotatable bonds is 2. The van der Waals surface area contributed by atoms with Gasteiger partial charge in [0, 0.05) is 43.2 Å². The van der Waals surface area contributed by atoms with Crippen molar-refractivity contribution in [3.8, 4) is 6.07 Å². The topological polar surface area (TPSA) is 60.2 Å². The van der Waals surface area contributed by atoms with Gasteiger partial charge in [-0.1, -0.05) is 0 Å². The van der Waals surface area contributed by atoms with Crippen LogP contribution in [0.25, 0.3) is 0 Å². The fraction of sp³-hybridized carbons (Fsp3) is 0.650. The second-order valence-electron chi connectivity index (χ2n) is 8.20. The van der Waals surface area contributed by atoms with Gasteiger partial charge in [0.15, 0.2) is 0 Å². The minimum Gasteiger partial charge on any atom is -0.354 e. The molecule has 1 spiro atoms. The average Bonchev–Trinajstić information content (AvgIpc) is 3.29. The number of nitriles is 1. The molecular weight excluding hydrogens is 331 g/mol. The highest BCUT2D eigenvalue weighted by molar-refractivity contribution is 5.80. The maximum absolute atomic E-state index is 13.4. The van der Waals surface area contributed by atoms with Crippen molar-refractivity contribution >= 4 is 11.7 Å². The van der Waals surface area contributed by atoms with Gasteiger partial charge in [-0.25, -0.2) is 9.37 Å². The van der Waals surface area contributed by atoms with Crippen LogP contribution in [0.5, 0.6) is 0 Å². The number of halogens is 1. The fourth-order valence-corrected chi connectivity index (χ4v) is 4.61. The Balaban J connectivity index is 1.43. The van der Waals surface area contributed by atoms with Gasteiger partial charge in [0.2, 0.25) is 5.91 Å². The lowest BCUT2D eigenvalue weighted by molar-refractivity contribution is -0.140. The number of aryl methyl sites for hydroxylation is 2. The number of pyridine rings is 1. The normalized spacial score (nSPS) is 30.5. The van der Waals surface area contributed by atoms with Crippen molar-refractivity contribution in [1.82, 2.24) is 9.88 Å². The zero-order valence-corrected chi connectivity index (χ0v) is 15.5. The Kier molecular flexibility index (Phi) is 4.13. The Bertz CT molecular complexity index is 781. The van der Waals surface area contributed by atoms with Crippen LogP contribution in [-0.2, 0) is 4.79 Å². The van der Waals surface area contributed by atoms with Gasteiger partial charge in [0.05, 0.1) is 5.56 Å². The van der Waals surface area contributed by atoms with Crippen LogP contribution < -0.4 is 4.90 Å². The summed E-state index contributed by atoms with van der Waals surface area (Å²) < 4.78 is 13.4. The molecule has 1 atom stereocenters. The Morgan fingerprint density at radius 3 is 2.65 bits per heavy atom. The van der Waals surface area contributed by atoms with Crippen LogP contribution in [0.1, 0.15) is 42.5 Å². The summed E-state index contributed by atoms with van der Waals surface area (Å²) >= 11 is 0. The molecule has 0 aromatic carbocycles. The first-order chi connectivity index (χ1) is 12.4. The lowest BCUT2D eigenvalue weighted by atomic mass is 9.71. The van der Waals surface area contributed by atoms with E-state index in [0.29, 0.717) is 25.1 Å². The molecule has 1 aromatic rings. The molecule has 2 saturated carbocycles. The van der Waals surface area contributed by atoms with E-state index in [1.54, 1.807) is 0 Å². The predicted molar refractivity (Wildman–Crippen MR) is 96.5 cm³/mol. The molecule has 26 heavy (non-hydrogen) atoms. The van der Waals surface area contributed by atoms with E-state index in [1.165, 1.54) is 0 Å². The third-order valence-electron chi connectivity index (χ3n) is 6.29. The number of alkyl halides is 1. The molecule has 3 aliphatic rings. The quantitative estimate of drug-likeness (QED) is 0.817. The molecule has 0 radical (unpaired) electrons. The predicted octanol–water partition coefficient (Wildman–Crippen LogP) is 2.75. The van der Waals surface area contributed by atoms with Crippen LogP contribution in [0.2, 0.25) is 0 Å². The van der Waals surface area contributed by atoms with Gasteiger partial charge in [0.1, 0.15) is 18.1 Å². The van der Waals surface area contributed by atoms with Crippen LogP contribution in [-0.4, -0.2) is 48.1 Å². The summed E-state index contributed by atoms with van der Waals surface area (Å²) in [6.07, 6.45) is 2.29. The summed E-state index contributed by atoms with van der Waals surface area (Å²) in [7, 11) is 0. The van der Waals surface area contributed by atoms with E-state index in [4.69, 9.17) is 0 Å². The van der Waals surface area contributed by atoms with Gasteiger partial charge in [-0.2, -0.15) is 5.26 Å². The van der Waals surface area contributed by atoms with Crippen molar-refractivity contribution in [1.29, 1.82) is 5.26 Å². The molecule has 0 N–H and O–H groups in total. The number of aromatic nitrogens is 1. The van der Waals surface area contributed by atoms with Crippen molar-refractivity contribution < 1.29 is 9.18 Å². The molecule has 1 saturated heterocycles. The maximum Gasteiger partial charge on any atom is 0.225 e. The Morgan fingerprint density at radius 1 is 1.27 bits per heavy atom. The molecule has 1 aliphatic heterocycles. The molecule has 2 aliphatic carbocycles. The molecule has 5 nitrogen and oxygen atoms in total. The lowest BCUT2D eigenvalue weighted by Crippen LogP contribution is -2.44. The molecule has 1 unspecified atom stereocenters. The summed E-state index contributed by atoms with van der Waals surface area (Å²) in [4.78, 5) is 21.4. The van der Waals surface area contributed by atoms with Crippen molar-refractivity contribution in [2.45, 2.75) is 45.7 Å². The third-order valence-corrected chi connectivity index (χ3v) is 6.29. The summed E-state index contributed by atoms with van der Waals surface area (Å²) in [5.41, 5.74) is 2.33. The van der Waals surface area contributed by atoms with Crippen LogP contribution in [0.4, 0.5) is 10.2 Å². The molecule has 6 heteroatoms. The molecule has 1 amide bonds. The molecule has 138 valence electrons. The number of amides is 1. The second-order valence-corrected chi connectivity index (χ2v) is 8.20. The number of carbonyl (C=O) groups is 1. The summed E-state index contributed by atoms with van der Waals surface area (Å²) in [5.74, 6) is 0.932. The first kappa shape index (κ1) is 17.3. The van der Waals surface area contributed by atoms with E-state index in [0.717, 1.165) is 49.4 Å². The van der Waals surface area contributed by atoms with Gasteiger partial charge in [0.25, 0.3) is 0 Å². The Labute approximate surface area is 153 Å². The molecule has 2 heterocycles. The van der Waals surface area contributed by atoms with Gasteiger partial charge in [-0.3, -0.25) is 4.79 Å². The minimum absolute atomic E-state index is 0.0105. The number of hydrogen-bond acceptors (Lipinski definition) is 4. The molecular formula is C20H25FN4O. The second kappa shape index (κ2) is 6.22. The summed E-state index contributed by atoms with van der Waals surface area (Å²) in [6, 6.07) is 4.21. The van der Waals surface area contributed by atoms with Crippen molar-refractivity contribution in [3.63, 3.8) is 0 Å². The smallest absolute Gasteiger partial charge is 0.225 e. The van der Waals surface area contributed by atoms with Crippen LogP contribution in [0.15, 0.2) is 6.07 Å². The molecule has 3 fully saturated rings. The van der Waals surface area contributed by atoms with Crippen LogP contribution >= 0.6 is 0 Å². The standard InChI is InChI=1S/C20H25FN4O/c1-13-8-14(2)23-18(16(13)12-22)24-4-3-5-25(7-6-24)19(26)15-9-20(10-15)11-17(20)21/h8,15,17H,3-7,9-11H2,1-2H3. The van der Waals surface area contributed by atoms with E-state index in [2.05, 4.69) is 16.0 Å². The van der Waals surface area contributed by atoms with E-state index < -0.39 is 6.17 Å². The third kappa shape index (κ3) is 2.84.